The Morgan fingerprint density at radius 2 is 2.10 bits per heavy atom. The molecule has 0 saturated heterocycles. The fourth-order valence-corrected chi connectivity index (χ4v) is 2.36. The molecule has 0 amide bonds. The van der Waals surface area contributed by atoms with Crippen molar-refractivity contribution in [3.8, 4) is 0 Å². The summed E-state index contributed by atoms with van der Waals surface area (Å²) in [5, 5.41) is 14.7. The van der Waals surface area contributed by atoms with Crippen LogP contribution >= 0.6 is 11.6 Å². The number of nitrogens with one attached hydrogen (secondary N) is 1. The second kappa shape index (κ2) is 7.15. The number of pyridine rings is 1. The Labute approximate surface area is 128 Å². The van der Waals surface area contributed by atoms with Crippen molar-refractivity contribution in [1.82, 2.24) is 10.3 Å². The average molecular weight is 306 g/mol. The molecule has 2 aromatic rings. The first-order chi connectivity index (χ1) is 10.1. The minimum absolute atomic E-state index is 0.0245. The van der Waals surface area contributed by atoms with Gasteiger partial charge in [-0.05, 0) is 12.1 Å². The van der Waals surface area contributed by atoms with Crippen LogP contribution in [-0.2, 0) is 6.42 Å². The highest BCUT2D eigenvalue weighted by Gasteiger charge is 2.20. The lowest BCUT2D eigenvalue weighted by Gasteiger charge is -2.18. The zero-order chi connectivity index (χ0) is 15.2. The van der Waals surface area contributed by atoms with Gasteiger partial charge in [-0.2, -0.15) is 0 Å². The lowest BCUT2D eigenvalue weighted by atomic mass is 10.0. The maximum Gasteiger partial charge on any atom is 0.292 e. The van der Waals surface area contributed by atoms with Gasteiger partial charge in [0.1, 0.15) is 5.69 Å². The Morgan fingerprint density at radius 3 is 2.71 bits per heavy atom. The predicted molar refractivity (Wildman–Crippen MR) is 82.5 cm³/mol. The van der Waals surface area contributed by atoms with Crippen LogP contribution in [0.25, 0.3) is 0 Å². The summed E-state index contributed by atoms with van der Waals surface area (Å²) < 4.78 is 0. The van der Waals surface area contributed by atoms with Crippen LogP contribution in [0.4, 0.5) is 5.69 Å². The Bertz CT molecular complexity index is 620. The molecule has 6 heteroatoms. The molecule has 1 unspecified atom stereocenters. The maximum absolute atomic E-state index is 11.1. The van der Waals surface area contributed by atoms with Gasteiger partial charge in [-0.15, -0.1) is 0 Å². The summed E-state index contributed by atoms with van der Waals surface area (Å²) in [5.41, 5.74) is 1.46. The van der Waals surface area contributed by atoms with Crippen molar-refractivity contribution >= 4 is 17.3 Å². The number of hydrogen-bond acceptors (Lipinski definition) is 4. The predicted octanol–water partition coefficient (Wildman–Crippen LogP) is 3.54. The first kappa shape index (κ1) is 15.4. The van der Waals surface area contributed by atoms with E-state index in [2.05, 4.69) is 10.3 Å². The first-order valence-electron chi connectivity index (χ1n) is 6.69. The molecule has 0 radical (unpaired) electrons. The van der Waals surface area contributed by atoms with E-state index >= 15 is 0 Å². The number of nitro groups is 1. The number of likely N-dealkylation sites (N-methyl/N-ethyl adjacent to an activating group) is 1. The minimum atomic E-state index is -0.442. The Kier molecular flexibility index (Phi) is 5.25. The Morgan fingerprint density at radius 1 is 1.38 bits per heavy atom. The zero-order valence-corrected chi connectivity index (χ0v) is 12.4. The SMILES string of the molecule is CCNC(Cc1ncc(Cl)cc1[N+](=O)[O-])c1ccccc1. The van der Waals surface area contributed by atoms with Crippen molar-refractivity contribution in [2.24, 2.45) is 0 Å². The van der Waals surface area contributed by atoms with Gasteiger partial charge in [0, 0.05) is 24.7 Å². The van der Waals surface area contributed by atoms with Crippen LogP contribution < -0.4 is 5.32 Å². The van der Waals surface area contributed by atoms with Crippen LogP contribution in [0.5, 0.6) is 0 Å². The van der Waals surface area contributed by atoms with E-state index in [0.717, 1.165) is 12.1 Å². The average Bonchev–Trinajstić information content (AvgIpc) is 2.49. The summed E-state index contributed by atoms with van der Waals surface area (Å²) >= 11 is 5.79. The topological polar surface area (TPSA) is 68.1 Å². The van der Waals surface area contributed by atoms with Crippen LogP contribution in [0.3, 0.4) is 0 Å². The molecule has 0 saturated carbocycles. The van der Waals surface area contributed by atoms with Crippen molar-refractivity contribution in [1.29, 1.82) is 0 Å². The number of aromatic nitrogens is 1. The minimum Gasteiger partial charge on any atom is -0.310 e. The highest BCUT2D eigenvalue weighted by atomic mass is 35.5. The van der Waals surface area contributed by atoms with Crippen molar-refractivity contribution < 1.29 is 4.92 Å². The number of rotatable bonds is 6. The third kappa shape index (κ3) is 4.00. The van der Waals surface area contributed by atoms with E-state index in [1.54, 1.807) is 0 Å². The molecule has 2 rings (SSSR count). The van der Waals surface area contributed by atoms with Crippen molar-refractivity contribution in [3.63, 3.8) is 0 Å². The third-order valence-corrected chi connectivity index (χ3v) is 3.37. The largest absolute Gasteiger partial charge is 0.310 e. The maximum atomic E-state index is 11.1. The summed E-state index contributed by atoms with van der Waals surface area (Å²) in [6, 6.07) is 11.1. The zero-order valence-electron chi connectivity index (χ0n) is 11.6. The standard InChI is InChI=1S/C15H16ClN3O2/c1-2-17-13(11-6-4-3-5-7-11)9-14-15(19(20)21)8-12(16)10-18-14/h3-8,10,13,17H,2,9H2,1H3. The number of benzene rings is 1. The molecule has 1 atom stereocenters. The highest BCUT2D eigenvalue weighted by Crippen LogP contribution is 2.25. The fourth-order valence-electron chi connectivity index (χ4n) is 2.21. The molecule has 0 aliphatic heterocycles. The molecule has 0 bridgehead atoms. The quantitative estimate of drug-likeness (QED) is 0.655. The number of hydrogen-bond donors (Lipinski definition) is 1. The molecule has 0 fully saturated rings. The molecule has 0 aliphatic rings. The van der Waals surface area contributed by atoms with Crippen LogP contribution in [0.15, 0.2) is 42.6 Å². The van der Waals surface area contributed by atoms with Gasteiger partial charge >= 0.3 is 0 Å². The van der Waals surface area contributed by atoms with E-state index in [1.807, 2.05) is 37.3 Å². The number of halogens is 1. The van der Waals surface area contributed by atoms with Gasteiger partial charge in [0.2, 0.25) is 0 Å². The molecular formula is C15H16ClN3O2. The molecule has 21 heavy (non-hydrogen) atoms. The van der Waals surface area contributed by atoms with E-state index in [4.69, 9.17) is 11.6 Å². The molecule has 1 aromatic carbocycles. The Hall–Kier alpha value is -1.98. The summed E-state index contributed by atoms with van der Waals surface area (Å²) in [5.74, 6) is 0. The molecule has 1 heterocycles. The molecular weight excluding hydrogens is 290 g/mol. The van der Waals surface area contributed by atoms with Crippen LogP contribution in [0, 0.1) is 10.1 Å². The lowest BCUT2D eigenvalue weighted by molar-refractivity contribution is -0.386. The summed E-state index contributed by atoms with van der Waals surface area (Å²) in [4.78, 5) is 14.8. The van der Waals surface area contributed by atoms with Crippen molar-refractivity contribution in [3.05, 3.63) is 69.0 Å². The summed E-state index contributed by atoms with van der Waals surface area (Å²) in [7, 11) is 0. The van der Waals surface area contributed by atoms with Gasteiger partial charge in [-0.25, -0.2) is 0 Å². The van der Waals surface area contributed by atoms with Gasteiger partial charge < -0.3 is 5.32 Å². The van der Waals surface area contributed by atoms with Crippen LogP contribution in [-0.4, -0.2) is 16.5 Å². The monoisotopic (exact) mass is 305 g/mol. The van der Waals surface area contributed by atoms with Crippen LogP contribution in [0.1, 0.15) is 24.2 Å². The second-order valence-electron chi connectivity index (χ2n) is 4.60. The fraction of sp³-hybridized carbons (Fsp3) is 0.267. The molecule has 0 aliphatic carbocycles. The van der Waals surface area contributed by atoms with E-state index in [-0.39, 0.29) is 16.8 Å². The van der Waals surface area contributed by atoms with Crippen molar-refractivity contribution in [2.75, 3.05) is 6.54 Å². The van der Waals surface area contributed by atoms with Gasteiger partial charge in [0.15, 0.2) is 0 Å². The highest BCUT2D eigenvalue weighted by molar-refractivity contribution is 6.30. The second-order valence-corrected chi connectivity index (χ2v) is 5.04. The molecule has 5 nitrogen and oxygen atoms in total. The van der Waals surface area contributed by atoms with Gasteiger partial charge in [0.25, 0.3) is 5.69 Å². The molecule has 110 valence electrons. The van der Waals surface area contributed by atoms with Gasteiger partial charge in [-0.1, -0.05) is 48.9 Å². The molecule has 1 N–H and O–H groups in total. The molecule has 1 aromatic heterocycles. The normalized spacial score (nSPS) is 12.1. The van der Waals surface area contributed by atoms with Crippen molar-refractivity contribution in [2.45, 2.75) is 19.4 Å². The number of nitrogens with zero attached hydrogens (tertiary/aromatic N) is 2. The van der Waals surface area contributed by atoms with Crippen LogP contribution in [0.2, 0.25) is 5.02 Å². The molecule has 0 spiro atoms. The van der Waals surface area contributed by atoms with Gasteiger partial charge in [0.05, 0.1) is 9.95 Å². The third-order valence-electron chi connectivity index (χ3n) is 3.16. The Balaban J connectivity index is 2.31. The first-order valence-corrected chi connectivity index (χ1v) is 7.06. The summed E-state index contributed by atoms with van der Waals surface area (Å²) in [6.07, 6.45) is 1.88. The lowest BCUT2D eigenvalue weighted by Crippen LogP contribution is -2.23. The van der Waals surface area contributed by atoms with E-state index in [9.17, 15) is 10.1 Å². The summed E-state index contributed by atoms with van der Waals surface area (Å²) in [6.45, 7) is 2.76. The van der Waals surface area contributed by atoms with E-state index in [1.165, 1.54) is 12.3 Å². The smallest absolute Gasteiger partial charge is 0.292 e. The van der Waals surface area contributed by atoms with E-state index < -0.39 is 4.92 Å². The van der Waals surface area contributed by atoms with Gasteiger partial charge in [-0.3, -0.25) is 15.1 Å². The van der Waals surface area contributed by atoms with E-state index in [0.29, 0.717) is 12.1 Å².